The van der Waals surface area contributed by atoms with Crippen molar-refractivity contribution in [3.05, 3.63) is 46.3 Å². The number of nitrogens with zero attached hydrogens (tertiary/aromatic N) is 6. The third kappa shape index (κ3) is 4.86. The summed E-state index contributed by atoms with van der Waals surface area (Å²) in [7, 11) is 0. The first kappa shape index (κ1) is 22.5. The predicted octanol–water partition coefficient (Wildman–Crippen LogP) is 3.73. The molecule has 4 rings (SSSR count). The van der Waals surface area contributed by atoms with E-state index in [9.17, 15) is 4.79 Å². The molecule has 0 saturated carbocycles. The van der Waals surface area contributed by atoms with Gasteiger partial charge in [0.25, 0.3) is 5.56 Å². The molecule has 3 heterocycles. The van der Waals surface area contributed by atoms with Gasteiger partial charge in [0.05, 0.1) is 16.7 Å². The average molecular weight is 457 g/mol. The number of para-hydroxylation sites is 1. The Kier molecular flexibility index (Phi) is 7.21. The number of aryl methyl sites for hydroxylation is 2. The SMILES string of the molecule is CCOCCCn1c(=O)c2ccccc2n2c(SCc3nc(CCC(C)C)no3)nnc12. The molecule has 170 valence electrons. The molecule has 0 amide bonds. The summed E-state index contributed by atoms with van der Waals surface area (Å²) >= 11 is 1.46. The fourth-order valence-electron chi connectivity index (χ4n) is 3.49. The third-order valence-electron chi connectivity index (χ3n) is 5.13. The number of ether oxygens (including phenoxy) is 1. The van der Waals surface area contributed by atoms with E-state index in [1.807, 2.05) is 35.6 Å². The third-order valence-corrected chi connectivity index (χ3v) is 6.05. The standard InChI is InChI=1S/C22H28N6O3S/c1-4-30-13-7-12-27-20(29)16-8-5-6-9-17(16)28-21(27)24-25-22(28)32-14-19-23-18(26-31-19)11-10-15(2)3/h5-6,8-9,15H,4,7,10-14H2,1-3H3. The highest BCUT2D eigenvalue weighted by Crippen LogP contribution is 2.24. The second kappa shape index (κ2) is 10.3. The van der Waals surface area contributed by atoms with Crippen LogP contribution in [0.3, 0.4) is 0 Å². The smallest absolute Gasteiger partial charge is 0.262 e. The lowest BCUT2D eigenvalue weighted by Gasteiger charge is -2.11. The van der Waals surface area contributed by atoms with Crippen molar-refractivity contribution in [2.75, 3.05) is 13.2 Å². The molecule has 3 aromatic heterocycles. The van der Waals surface area contributed by atoms with E-state index in [2.05, 4.69) is 34.2 Å². The van der Waals surface area contributed by atoms with Crippen LogP contribution in [0.15, 0.2) is 38.7 Å². The van der Waals surface area contributed by atoms with Crippen LogP contribution in [-0.2, 0) is 23.5 Å². The normalized spacial score (nSPS) is 11.9. The highest BCUT2D eigenvalue weighted by molar-refractivity contribution is 7.98. The summed E-state index contributed by atoms with van der Waals surface area (Å²) in [5.74, 6) is 2.88. The number of aromatic nitrogens is 6. The molecular weight excluding hydrogens is 428 g/mol. The lowest BCUT2D eigenvalue weighted by atomic mass is 10.1. The molecule has 0 atom stereocenters. The van der Waals surface area contributed by atoms with E-state index >= 15 is 0 Å². The van der Waals surface area contributed by atoms with Crippen LogP contribution < -0.4 is 5.56 Å². The molecule has 4 aromatic rings. The van der Waals surface area contributed by atoms with Crippen LogP contribution in [0.4, 0.5) is 0 Å². The Balaban J connectivity index is 1.61. The molecule has 0 aliphatic heterocycles. The monoisotopic (exact) mass is 456 g/mol. The molecule has 0 spiro atoms. The Morgan fingerprint density at radius 3 is 2.88 bits per heavy atom. The van der Waals surface area contributed by atoms with Crippen molar-refractivity contribution in [2.45, 2.75) is 57.5 Å². The number of hydrogen-bond acceptors (Lipinski definition) is 8. The second-order valence-electron chi connectivity index (χ2n) is 7.97. The van der Waals surface area contributed by atoms with Gasteiger partial charge in [-0.25, -0.2) is 0 Å². The van der Waals surface area contributed by atoms with E-state index in [0.29, 0.717) is 53.6 Å². The second-order valence-corrected chi connectivity index (χ2v) is 8.91. The minimum absolute atomic E-state index is 0.0692. The summed E-state index contributed by atoms with van der Waals surface area (Å²) in [5.41, 5.74) is 0.712. The topological polar surface area (TPSA) is 100 Å². The van der Waals surface area contributed by atoms with Crippen LogP contribution in [0.2, 0.25) is 0 Å². The number of thioether (sulfide) groups is 1. The molecule has 0 unspecified atom stereocenters. The molecule has 0 aliphatic rings. The maximum atomic E-state index is 13.1. The summed E-state index contributed by atoms with van der Waals surface area (Å²) in [5, 5.41) is 14.1. The van der Waals surface area contributed by atoms with Crippen molar-refractivity contribution >= 4 is 28.4 Å². The first-order chi connectivity index (χ1) is 15.6. The first-order valence-corrected chi connectivity index (χ1v) is 12.0. The molecule has 0 N–H and O–H groups in total. The van der Waals surface area contributed by atoms with Crippen molar-refractivity contribution in [1.29, 1.82) is 0 Å². The van der Waals surface area contributed by atoms with E-state index in [-0.39, 0.29) is 5.56 Å². The minimum atomic E-state index is -0.0692. The van der Waals surface area contributed by atoms with Crippen molar-refractivity contribution in [3.8, 4) is 0 Å². The summed E-state index contributed by atoms with van der Waals surface area (Å²) in [6.45, 7) is 8.07. The summed E-state index contributed by atoms with van der Waals surface area (Å²) < 4.78 is 14.4. The average Bonchev–Trinajstić information content (AvgIpc) is 3.43. The molecular formula is C22H28N6O3S. The van der Waals surface area contributed by atoms with Gasteiger partial charge < -0.3 is 9.26 Å². The molecule has 1 aromatic carbocycles. The Hall–Kier alpha value is -2.72. The van der Waals surface area contributed by atoms with E-state index in [1.54, 1.807) is 4.57 Å². The van der Waals surface area contributed by atoms with Gasteiger partial charge in [-0.05, 0) is 37.8 Å². The highest BCUT2D eigenvalue weighted by atomic mass is 32.2. The molecule has 32 heavy (non-hydrogen) atoms. The van der Waals surface area contributed by atoms with Gasteiger partial charge >= 0.3 is 0 Å². The Morgan fingerprint density at radius 2 is 2.06 bits per heavy atom. The van der Waals surface area contributed by atoms with Crippen LogP contribution in [0.5, 0.6) is 0 Å². The first-order valence-electron chi connectivity index (χ1n) is 11.0. The van der Waals surface area contributed by atoms with Crippen LogP contribution in [-0.4, -0.2) is 42.5 Å². The van der Waals surface area contributed by atoms with Crippen LogP contribution in [0.1, 0.15) is 45.3 Å². The van der Waals surface area contributed by atoms with Gasteiger partial charge in [0, 0.05) is 26.2 Å². The van der Waals surface area contributed by atoms with Crippen molar-refractivity contribution in [3.63, 3.8) is 0 Å². The highest BCUT2D eigenvalue weighted by Gasteiger charge is 2.17. The molecule has 9 nitrogen and oxygen atoms in total. The fraction of sp³-hybridized carbons (Fsp3) is 0.500. The van der Waals surface area contributed by atoms with Gasteiger partial charge in [-0.1, -0.05) is 42.9 Å². The molecule has 10 heteroatoms. The summed E-state index contributed by atoms with van der Waals surface area (Å²) in [6, 6.07) is 7.53. The summed E-state index contributed by atoms with van der Waals surface area (Å²) in [4.78, 5) is 17.6. The lowest BCUT2D eigenvalue weighted by molar-refractivity contribution is 0.141. The molecule has 0 saturated heterocycles. The van der Waals surface area contributed by atoms with Crippen molar-refractivity contribution < 1.29 is 9.26 Å². The molecule has 0 fully saturated rings. The van der Waals surface area contributed by atoms with Crippen LogP contribution in [0.25, 0.3) is 16.7 Å². The zero-order chi connectivity index (χ0) is 22.5. The number of hydrogen-bond donors (Lipinski definition) is 0. The zero-order valence-corrected chi connectivity index (χ0v) is 19.5. The van der Waals surface area contributed by atoms with E-state index in [1.165, 1.54) is 11.8 Å². The van der Waals surface area contributed by atoms with Gasteiger partial charge in [-0.3, -0.25) is 13.8 Å². The van der Waals surface area contributed by atoms with Crippen LogP contribution in [0, 0.1) is 5.92 Å². The minimum Gasteiger partial charge on any atom is -0.382 e. The van der Waals surface area contributed by atoms with Crippen LogP contribution >= 0.6 is 11.8 Å². The van der Waals surface area contributed by atoms with Gasteiger partial charge in [0.1, 0.15) is 0 Å². The Labute approximate surface area is 190 Å². The molecule has 0 bridgehead atoms. The van der Waals surface area contributed by atoms with E-state index < -0.39 is 0 Å². The largest absolute Gasteiger partial charge is 0.382 e. The number of fused-ring (bicyclic) bond motifs is 3. The van der Waals surface area contributed by atoms with Crippen molar-refractivity contribution in [2.24, 2.45) is 5.92 Å². The van der Waals surface area contributed by atoms with Crippen molar-refractivity contribution in [1.82, 2.24) is 29.3 Å². The van der Waals surface area contributed by atoms with Gasteiger partial charge in [-0.15, -0.1) is 10.2 Å². The number of rotatable bonds is 11. The maximum Gasteiger partial charge on any atom is 0.262 e. The quantitative estimate of drug-likeness (QED) is 0.249. The summed E-state index contributed by atoms with van der Waals surface area (Å²) in [6.07, 6.45) is 2.55. The van der Waals surface area contributed by atoms with Gasteiger partial charge in [-0.2, -0.15) is 4.98 Å². The lowest BCUT2D eigenvalue weighted by Crippen LogP contribution is -2.24. The van der Waals surface area contributed by atoms with E-state index in [0.717, 1.165) is 30.6 Å². The Bertz CT molecular complexity index is 1250. The maximum absolute atomic E-state index is 13.1. The Morgan fingerprint density at radius 1 is 1.22 bits per heavy atom. The fourth-order valence-corrected chi connectivity index (χ4v) is 4.27. The molecule has 0 aliphatic carbocycles. The van der Waals surface area contributed by atoms with Gasteiger partial charge in [0.15, 0.2) is 11.0 Å². The predicted molar refractivity (Wildman–Crippen MR) is 123 cm³/mol. The van der Waals surface area contributed by atoms with Gasteiger partial charge in [0.2, 0.25) is 11.7 Å². The molecule has 0 radical (unpaired) electrons. The number of benzene rings is 1. The zero-order valence-electron chi connectivity index (χ0n) is 18.7. The van der Waals surface area contributed by atoms with E-state index in [4.69, 9.17) is 9.26 Å².